The van der Waals surface area contributed by atoms with Gasteiger partial charge in [0.05, 0.1) is 31.8 Å². The highest BCUT2D eigenvalue weighted by Gasteiger charge is 2.38. The minimum absolute atomic E-state index is 0.106. The minimum atomic E-state index is -4.60. The number of amides is 1. The van der Waals surface area contributed by atoms with Gasteiger partial charge in [-0.15, -0.1) is 0 Å². The van der Waals surface area contributed by atoms with Crippen molar-refractivity contribution in [2.45, 2.75) is 50.1 Å². The molecular weight excluding hydrogens is 520 g/mol. The smallest absolute Gasteiger partial charge is 0.421 e. The first kappa shape index (κ1) is 27.9. The standard InChI is InChI=1S/C24H27F6N5O3/c1-37-21-18(24(28,29)30)11-15(12-31-21)17-3-2-4-19(17)38-10-5-20(36)34-6-8-35(9-7-34)22-32-13-16(14-33-22)23(25,26)27/h11-14,17,19H,2-10H2,1H3. The average molecular weight is 548 g/mol. The topological polar surface area (TPSA) is 80.7 Å². The van der Waals surface area contributed by atoms with E-state index >= 15 is 0 Å². The Balaban J connectivity index is 1.26. The lowest BCUT2D eigenvalue weighted by Gasteiger charge is -2.35. The molecule has 2 atom stereocenters. The van der Waals surface area contributed by atoms with Crippen molar-refractivity contribution >= 4 is 11.9 Å². The summed E-state index contributed by atoms with van der Waals surface area (Å²) in [5, 5.41) is 0. The fraction of sp³-hybridized carbons (Fsp3) is 0.583. The number of carbonyl (C=O) groups is 1. The number of pyridine rings is 1. The number of aromatic nitrogens is 3. The van der Waals surface area contributed by atoms with E-state index < -0.39 is 29.4 Å². The van der Waals surface area contributed by atoms with Gasteiger partial charge in [-0.3, -0.25) is 4.79 Å². The molecular formula is C24H27F6N5O3. The van der Waals surface area contributed by atoms with Crippen molar-refractivity contribution in [2.75, 3.05) is 44.8 Å². The summed E-state index contributed by atoms with van der Waals surface area (Å²) in [7, 11) is 1.14. The highest BCUT2D eigenvalue weighted by molar-refractivity contribution is 5.76. The van der Waals surface area contributed by atoms with Gasteiger partial charge in [0.2, 0.25) is 17.7 Å². The molecule has 8 nitrogen and oxygen atoms in total. The molecule has 2 aromatic heterocycles. The number of nitrogens with zero attached hydrogens (tertiary/aromatic N) is 5. The van der Waals surface area contributed by atoms with E-state index in [9.17, 15) is 31.1 Å². The quantitative estimate of drug-likeness (QED) is 0.478. The van der Waals surface area contributed by atoms with Gasteiger partial charge in [0.1, 0.15) is 5.56 Å². The number of piperazine rings is 1. The maximum Gasteiger partial charge on any atom is 0.421 e. The summed E-state index contributed by atoms with van der Waals surface area (Å²) in [6, 6.07) is 1.06. The number of methoxy groups -OCH3 is 1. The van der Waals surface area contributed by atoms with Crippen molar-refractivity contribution in [1.29, 1.82) is 0 Å². The van der Waals surface area contributed by atoms with E-state index in [1.165, 1.54) is 6.20 Å². The van der Waals surface area contributed by atoms with E-state index in [1.807, 2.05) is 0 Å². The van der Waals surface area contributed by atoms with E-state index in [0.29, 0.717) is 44.6 Å². The van der Waals surface area contributed by atoms with Gasteiger partial charge in [0, 0.05) is 50.7 Å². The highest BCUT2D eigenvalue weighted by Crippen LogP contribution is 2.41. The van der Waals surface area contributed by atoms with Gasteiger partial charge >= 0.3 is 12.4 Å². The van der Waals surface area contributed by atoms with Crippen LogP contribution in [0.1, 0.15) is 48.3 Å². The van der Waals surface area contributed by atoms with Crippen LogP contribution in [0, 0.1) is 0 Å². The zero-order valence-corrected chi connectivity index (χ0v) is 20.6. The second-order valence-corrected chi connectivity index (χ2v) is 9.16. The van der Waals surface area contributed by atoms with E-state index in [1.54, 1.807) is 9.80 Å². The monoisotopic (exact) mass is 547 g/mol. The van der Waals surface area contributed by atoms with Crippen LogP contribution >= 0.6 is 0 Å². The maximum atomic E-state index is 13.4. The van der Waals surface area contributed by atoms with E-state index in [2.05, 4.69) is 15.0 Å². The number of anilines is 1. The van der Waals surface area contributed by atoms with Gasteiger partial charge < -0.3 is 19.3 Å². The van der Waals surface area contributed by atoms with E-state index in [0.717, 1.165) is 32.0 Å². The third-order valence-corrected chi connectivity index (χ3v) is 6.78. The van der Waals surface area contributed by atoms with Crippen molar-refractivity contribution in [2.24, 2.45) is 0 Å². The van der Waals surface area contributed by atoms with Gasteiger partial charge in [-0.1, -0.05) is 6.42 Å². The van der Waals surface area contributed by atoms with Crippen molar-refractivity contribution < 1.29 is 40.6 Å². The highest BCUT2D eigenvalue weighted by atomic mass is 19.4. The fourth-order valence-corrected chi connectivity index (χ4v) is 4.79. The zero-order chi connectivity index (χ0) is 27.5. The van der Waals surface area contributed by atoms with Crippen LogP contribution in [0.3, 0.4) is 0 Å². The first-order valence-corrected chi connectivity index (χ1v) is 12.1. The van der Waals surface area contributed by atoms with Crippen LogP contribution in [-0.4, -0.2) is 71.8 Å². The summed E-state index contributed by atoms with van der Waals surface area (Å²) < 4.78 is 89.0. The molecule has 2 aromatic rings. The normalized spacial score (nSPS) is 20.6. The average Bonchev–Trinajstić information content (AvgIpc) is 3.36. The van der Waals surface area contributed by atoms with Crippen molar-refractivity contribution in [3.05, 3.63) is 41.3 Å². The first-order valence-electron chi connectivity index (χ1n) is 12.1. The fourth-order valence-electron chi connectivity index (χ4n) is 4.79. The molecule has 1 aliphatic heterocycles. The van der Waals surface area contributed by atoms with Crippen LogP contribution in [0.5, 0.6) is 5.88 Å². The molecule has 0 bridgehead atoms. The molecule has 0 radical (unpaired) electrons. The molecule has 14 heteroatoms. The van der Waals surface area contributed by atoms with Crippen molar-refractivity contribution in [1.82, 2.24) is 19.9 Å². The van der Waals surface area contributed by atoms with Gasteiger partial charge in [-0.05, 0) is 24.5 Å². The Labute approximate surface area is 215 Å². The number of rotatable bonds is 7. The Kier molecular flexibility index (Phi) is 8.28. The summed E-state index contributed by atoms with van der Waals surface area (Å²) >= 11 is 0. The lowest BCUT2D eigenvalue weighted by molar-refractivity contribution is -0.139. The van der Waals surface area contributed by atoms with Crippen LogP contribution in [0.25, 0.3) is 0 Å². The molecule has 2 unspecified atom stereocenters. The Morgan fingerprint density at radius 1 is 0.974 bits per heavy atom. The number of hydrogen-bond donors (Lipinski definition) is 0. The summed E-state index contributed by atoms with van der Waals surface area (Å²) in [6.07, 6.45) is -4.38. The lowest BCUT2D eigenvalue weighted by Crippen LogP contribution is -2.49. The summed E-state index contributed by atoms with van der Waals surface area (Å²) in [5.41, 5.74) is -1.43. The molecule has 1 aliphatic carbocycles. The molecule has 3 heterocycles. The SMILES string of the molecule is COc1ncc(C2CCCC2OCCC(=O)N2CCN(c3ncc(C(F)(F)F)cn3)CC2)cc1C(F)(F)F. The van der Waals surface area contributed by atoms with Gasteiger partial charge in [0.15, 0.2) is 0 Å². The Morgan fingerprint density at radius 2 is 1.66 bits per heavy atom. The minimum Gasteiger partial charge on any atom is -0.481 e. The van der Waals surface area contributed by atoms with Crippen LogP contribution in [0.15, 0.2) is 24.7 Å². The molecule has 1 saturated carbocycles. The maximum absolute atomic E-state index is 13.4. The van der Waals surface area contributed by atoms with Gasteiger partial charge in [-0.25, -0.2) is 15.0 Å². The second kappa shape index (κ2) is 11.3. The molecule has 0 N–H and O–H groups in total. The summed E-state index contributed by atoms with van der Waals surface area (Å²) in [6.45, 7) is 1.57. The third-order valence-electron chi connectivity index (χ3n) is 6.78. The van der Waals surface area contributed by atoms with Gasteiger partial charge in [0.25, 0.3) is 0 Å². The number of alkyl halides is 6. The third kappa shape index (κ3) is 6.45. The Hall–Kier alpha value is -3.16. The molecule has 208 valence electrons. The zero-order valence-electron chi connectivity index (χ0n) is 20.6. The van der Waals surface area contributed by atoms with Crippen LogP contribution in [0.4, 0.5) is 32.3 Å². The number of hydrogen-bond acceptors (Lipinski definition) is 7. The Morgan fingerprint density at radius 3 is 2.26 bits per heavy atom. The van der Waals surface area contributed by atoms with Crippen LogP contribution in [-0.2, 0) is 21.9 Å². The largest absolute Gasteiger partial charge is 0.481 e. The lowest BCUT2D eigenvalue weighted by atomic mass is 9.96. The molecule has 1 saturated heterocycles. The summed E-state index contributed by atoms with van der Waals surface area (Å²) in [4.78, 5) is 27.4. The Bertz CT molecular complexity index is 1100. The first-order chi connectivity index (χ1) is 18.0. The molecule has 0 spiro atoms. The van der Waals surface area contributed by atoms with Gasteiger partial charge in [-0.2, -0.15) is 26.3 Å². The number of carbonyl (C=O) groups excluding carboxylic acids is 1. The van der Waals surface area contributed by atoms with E-state index in [4.69, 9.17) is 9.47 Å². The molecule has 1 amide bonds. The van der Waals surface area contributed by atoms with E-state index in [-0.39, 0.29) is 36.9 Å². The van der Waals surface area contributed by atoms with Crippen LogP contribution in [0.2, 0.25) is 0 Å². The van der Waals surface area contributed by atoms with Crippen LogP contribution < -0.4 is 9.64 Å². The molecule has 2 fully saturated rings. The summed E-state index contributed by atoms with van der Waals surface area (Å²) in [5.74, 6) is -0.718. The number of ether oxygens (including phenoxy) is 2. The van der Waals surface area contributed by atoms with Crippen molar-refractivity contribution in [3.8, 4) is 5.88 Å². The van der Waals surface area contributed by atoms with Crippen molar-refractivity contribution in [3.63, 3.8) is 0 Å². The molecule has 38 heavy (non-hydrogen) atoms. The predicted molar refractivity (Wildman–Crippen MR) is 123 cm³/mol. The number of halogens is 6. The molecule has 2 aliphatic rings. The second-order valence-electron chi connectivity index (χ2n) is 9.16. The molecule has 4 rings (SSSR count). The molecule has 0 aromatic carbocycles. The predicted octanol–water partition coefficient (Wildman–Crippen LogP) is 4.31.